The highest BCUT2D eigenvalue weighted by atomic mass is 35.5. The van der Waals surface area contributed by atoms with Gasteiger partial charge in [0.05, 0.1) is 15.1 Å². The molecule has 1 aromatic carbocycles. The molecule has 0 spiro atoms. The number of aromatic hydroxyl groups is 1. The number of carbonyl (C=O) groups is 2. The number of phenolic OH excluding ortho intramolecular Hbond substituents is 1. The summed E-state index contributed by atoms with van der Waals surface area (Å²) in [6, 6.07) is 0. The Hall–Kier alpha value is -0.810. The van der Waals surface area contributed by atoms with Crippen molar-refractivity contribution in [1.29, 1.82) is 0 Å². The quantitative estimate of drug-likeness (QED) is 0.168. The molecule has 0 fully saturated rings. The van der Waals surface area contributed by atoms with E-state index in [-0.39, 0.29) is 30.9 Å². The van der Waals surface area contributed by atoms with Crippen molar-refractivity contribution in [3.63, 3.8) is 0 Å². The molecule has 142 valence electrons. The minimum absolute atomic E-state index is 0.00904. The zero-order valence-corrected chi connectivity index (χ0v) is 14.6. The van der Waals surface area contributed by atoms with Gasteiger partial charge >= 0.3 is 24.3 Å². The van der Waals surface area contributed by atoms with Gasteiger partial charge in [-0.15, -0.1) is 0 Å². The summed E-state index contributed by atoms with van der Waals surface area (Å²) in [6.45, 7) is 0. The molecule has 0 radical (unpaired) electrons. The number of rotatable bonds is 0. The summed E-state index contributed by atoms with van der Waals surface area (Å²) >= 11 is 27.9. The number of phenols is 1. The van der Waals surface area contributed by atoms with Crippen LogP contribution in [0.4, 0.5) is 26.3 Å². The maximum atomic E-state index is 11.2. The fourth-order valence-electron chi connectivity index (χ4n) is 0.793. The molecule has 0 bridgehead atoms. The lowest BCUT2D eigenvalue weighted by molar-refractivity contribution is -0.221. The Labute approximate surface area is 159 Å². The second-order valence-corrected chi connectivity index (χ2v) is 5.48. The number of carbonyl (C=O) groups excluding carboxylic acids is 2. The number of alkyl halides is 6. The van der Waals surface area contributed by atoms with E-state index >= 15 is 0 Å². The fourth-order valence-corrected chi connectivity index (χ4v) is 1.92. The summed E-state index contributed by atoms with van der Waals surface area (Å²) in [7, 11) is 0. The molecule has 4 nitrogen and oxygen atoms in total. The van der Waals surface area contributed by atoms with E-state index in [1.165, 1.54) is 0 Å². The average Bonchev–Trinajstić information content (AvgIpc) is 2.47. The van der Waals surface area contributed by atoms with Crippen LogP contribution < -0.4 is 0 Å². The molecule has 25 heavy (non-hydrogen) atoms. The van der Waals surface area contributed by atoms with Crippen LogP contribution in [0.2, 0.25) is 25.1 Å². The topological polar surface area (TPSA) is 63.6 Å². The molecular weight excluding hydrogens is 475 g/mol. The Balaban J connectivity index is 0.000000462. The van der Waals surface area contributed by atoms with Gasteiger partial charge in [-0.2, -0.15) is 26.3 Å². The van der Waals surface area contributed by atoms with Crippen molar-refractivity contribution in [3.8, 4) is 5.75 Å². The molecule has 0 aliphatic carbocycles. The Kier molecular flexibility index (Phi) is 8.44. The molecule has 0 amide bonds. The van der Waals surface area contributed by atoms with E-state index < -0.39 is 24.3 Å². The van der Waals surface area contributed by atoms with Gasteiger partial charge in [0.1, 0.15) is 10.0 Å². The molecular formula is C10HCl5F6O4. The SMILES string of the molecule is O=C(OC(=O)C(F)(F)F)C(F)(F)F.Oc1c(Cl)c(Cl)c(Cl)c(Cl)c1Cl. The molecule has 0 aliphatic heterocycles. The van der Waals surface area contributed by atoms with Gasteiger partial charge in [-0.05, 0) is 0 Å². The highest BCUT2D eigenvalue weighted by molar-refractivity contribution is 6.55. The van der Waals surface area contributed by atoms with Crippen LogP contribution in [0.3, 0.4) is 0 Å². The third kappa shape index (κ3) is 6.78. The van der Waals surface area contributed by atoms with E-state index in [1.807, 2.05) is 0 Å². The fraction of sp³-hybridized carbons (Fsp3) is 0.200. The van der Waals surface area contributed by atoms with Crippen molar-refractivity contribution in [2.24, 2.45) is 0 Å². The molecule has 0 aliphatic rings. The Morgan fingerprint density at radius 2 is 0.920 bits per heavy atom. The predicted octanol–water partition coefficient (Wildman–Crippen LogP) is 5.84. The van der Waals surface area contributed by atoms with E-state index in [0.29, 0.717) is 0 Å². The van der Waals surface area contributed by atoms with Crippen LogP contribution in [0, 0.1) is 0 Å². The monoisotopic (exact) mass is 474 g/mol. The lowest BCUT2D eigenvalue weighted by atomic mass is 10.3. The van der Waals surface area contributed by atoms with Crippen molar-refractivity contribution in [1.82, 2.24) is 0 Å². The molecule has 1 aromatic rings. The van der Waals surface area contributed by atoms with Gasteiger partial charge in [0, 0.05) is 0 Å². The van der Waals surface area contributed by atoms with Gasteiger partial charge in [0.15, 0.2) is 5.75 Å². The number of benzene rings is 1. The van der Waals surface area contributed by atoms with Crippen molar-refractivity contribution in [2.45, 2.75) is 12.4 Å². The zero-order valence-electron chi connectivity index (χ0n) is 10.8. The largest absolute Gasteiger partial charge is 0.505 e. The molecule has 0 saturated heterocycles. The lowest BCUT2D eigenvalue weighted by Crippen LogP contribution is -2.34. The van der Waals surface area contributed by atoms with Gasteiger partial charge in [-0.3, -0.25) is 0 Å². The van der Waals surface area contributed by atoms with Crippen LogP contribution in [-0.2, 0) is 14.3 Å². The standard InChI is InChI=1S/C6HCl5O.C4F6O3/c7-1-2(8)4(10)6(12)5(11)3(1)9;5-3(6,7)1(11)13-2(12)4(8,9)10/h12H;. The van der Waals surface area contributed by atoms with Crippen LogP contribution in [0.1, 0.15) is 0 Å². The molecule has 0 aromatic heterocycles. The normalized spacial score (nSPS) is 11.5. The van der Waals surface area contributed by atoms with E-state index in [9.17, 15) is 41.0 Å². The molecule has 0 unspecified atom stereocenters. The number of hydrogen-bond donors (Lipinski definition) is 1. The maximum absolute atomic E-state index is 11.2. The summed E-state index contributed by atoms with van der Waals surface area (Å²) in [5.41, 5.74) is 0. The Bertz CT molecular complexity index is 559. The van der Waals surface area contributed by atoms with Crippen LogP contribution in [0.5, 0.6) is 5.75 Å². The average molecular weight is 476 g/mol. The number of ether oxygens (including phenoxy) is 1. The first kappa shape index (κ1) is 24.2. The Morgan fingerprint density at radius 3 is 1.16 bits per heavy atom. The highest BCUT2D eigenvalue weighted by Gasteiger charge is 2.49. The van der Waals surface area contributed by atoms with Crippen molar-refractivity contribution in [2.75, 3.05) is 0 Å². The van der Waals surface area contributed by atoms with Gasteiger partial charge < -0.3 is 9.84 Å². The summed E-state index contributed by atoms with van der Waals surface area (Å²) in [4.78, 5) is 19.3. The maximum Gasteiger partial charge on any atom is 0.491 e. The van der Waals surface area contributed by atoms with E-state index in [0.717, 1.165) is 0 Å². The van der Waals surface area contributed by atoms with E-state index in [1.54, 1.807) is 0 Å². The molecule has 1 N–H and O–H groups in total. The third-order valence-electron chi connectivity index (χ3n) is 1.83. The first-order valence-corrected chi connectivity index (χ1v) is 7.01. The predicted molar refractivity (Wildman–Crippen MR) is 76.4 cm³/mol. The summed E-state index contributed by atoms with van der Waals surface area (Å²) in [5.74, 6) is -6.76. The van der Waals surface area contributed by atoms with Crippen LogP contribution >= 0.6 is 58.0 Å². The van der Waals surface area contributed by atoms with Crippen molar-refractivity contribution < 1.29 is 45.8 Å². The summed E-state index contributed by atoms with van der Waals surface area (Å²) in [5, 5.41) is 9.01. The molecule has 0 saturated carbocycles. The minimum Gasteiger partial charge on any atom is -0.505 e. The van der Waals surface area contributed by atoms with Crippen LogP contribution in [-0.4, -0.2) is 29.4 Å². The van der Waals surface area contributed by atoms with Gasteiger partial charge in [0.25, 0.3) is 0 Å². The summed E-state index contributed by atoms with van der Waals surface area (Å²) < 4.78 is 69.7. The molecule has 0 atom stereocenters. The number of halogens is 11. The van der Waals surface area contributed by atoms with Crippen LogP contribution in [0.25, 0.3) is 0 Å². The third-order valence-corrected chi connectivity index (χ3v) is 4.09. The van der Waals surface area contributed by atoms with Crippen LogP contribution in [0.15, 0.2) is 0 Å². The first-order chi connectivity index (χ1) is 11.0. The summed E-state index contributed by atoms with van der Waals surface area (Å²) in [6.07, 6.45) is -11.2. The highest BCUT2D eigenvalue weighted by Crippen LogP contribution is 2.47. The molecule has 0 heterocycles. The number of esters is 2. The van der Waals surface area contributed by atoms with Gasteiger partial charge in [-0.1, -0.05) is 58.0 Å². The first-order valence-electron chi connectivity index (χ1n) is 5.12. The van der Waals surface area contributed by atoms with Gasteiger partial charge in [-0.25, -0.2) is 9.59 Å². The van der Waals surface area contributed by atoms with Crippen molar-refractivity contribution in [3.05, 3.63) is 25.1 Å². The number of hydrogen-bond acceptors (Lipinski definition) is 4. The molecule has 15 heteroatoms. The zero-order chi connectivity index (χ0) is 20.3. The smallest absolute Gasteiger partial charge is 0.491 e. The molecule has 1 rings (SSSR count). The Morgan fingerprint density at radius 1 is 0.680 bits per heavy atom. The van der Waals surface area contributed by atoms with E-state index in [4.69, 9.17) is 58.0 Å². The minimum atomic E-state index is -5.62. The van der Waals surface area contributed by atoms with Crippen molar-refractivity contribution >= 4 is 69.9 Å². The second-order valence-electron chi connectivity index (χ2n) is 3.59. The second kappa shape index (κ2) is 8.72. The van der Waals surface area contributed by atoms with E-state index in [2.05, 4.69) is 4.74 Å². The lowest BCUT2D eigenvalue weighted by Gasteiger charge is -2.06. The van der Waals surface area contributed by atoms with Gasteiger partial charge in [0.2, 0.25) is 0 Å².